The summed E-state index contributed by atoms with van der Waals surface area (Å²) < 4.78 is 20.7. The molecule has 2 aliphatic rings. The second kappa shape index (κ2) is 20.1. The molecule has 2 heterocycles. The molecule has 15 heteroatoms. The van der Waals surface area contributed by atoms with Gasteiger partial charge in [0, 0.05) is 32.1 Å². The summed E-state index contributed by atoms with van der Waals surface area (Å²) in [4.78, 5) is 48.5. The molecule has 2 aromatic carbocycles. The average Bonchev–Trinajstić information content (AvgIpc) is 3.08. The lowest BCUT2D eigenvalue weighted by atomic mass is 10.0. The average molecular weight is 741 g/mol. The molecule has 4 rings (SSSR count). The second-order valence-electron chi connectivity index (χ2n) is 12.2. The quantitative estimate of drug-likeness (QED) is 0.177. The first-order chi connectivity index (χ1) is 25.1. The first-order valence-electron chi connectivity index (χ1n) is 16.6. The van der Waals surface area contributed by atoms with Gasteiger partial charge in [0.1, 0.15) is 58.5 Å². The topological polar surface area (TPSA) is 247 Å². The third-order valence-electron chi connectivity index (χ3n) is 7.78. The number of methoxy groups -OCH3 is 1. The maximum absolute atomic E-state index is 12.6. The Balaban J connectivity index is 0.000000287. The van der Waals surface area contributed by atoms with Gasteiger partial charge < -0.3 is 54.7 Å². The van der Waals surface area contributed by atoms with Crippen LogP contribution in [0.3, 0.4) is 0 Å². The summed E-state index contributed by atoms with van der Waals surface area (Å²) in [6.07, 6.45) is 4.33. The summed E-state index contributed by atoms with van der Waals surface area (Å²) in [6.45, 7) is 3.19. The number of phenols is 3. The fourth-order valence-corrected chi connectivity index (χ4v) is 5.01. The molecule has 0 bridgehead atoms. The molecule has 0 saturated heterocycles. The van der Waals surface area contributed by atoms with E-state index in [1.807, 2.05) is 0 Å². The maximum atomic E-state index is 12.6. The third-order valence-corrected chi connectivity index (χ3v) is 7.78. The van der Waals surface area contributed by atoms with Gasteiger partial charge in [-0.25, -0.2) is 9.59 Å². The number of benzene rings is 2. The molecule has 2 aliphatic heterocycles. The zero-order chi connectivity index (χ0) is 39.2. The first-order valence-corrected chi connectivity index (χ1v) is 16.6. The third kappa shape index (κ3) is 12.4. The van der Waals surface area contributed by atoms with E-state index in [0.717, 1.165) is 18.2 Å². The number of carbonyl (C=O) groups is 4. The Kier molecular flexibility index (Phi) is 15.9. The number of cyclic esters (lactones) is 2. The van der Waals surface area contributed by atoms with Crippen LogP contribution in [0.15, 0.2) is 60.7 Å². The number of carbonyl (C=O) groups excluding carboxylic acids is 4. The molecule has 286 valence electrons. The van der Waals surface area contributed by atoms with E-state index in [1.165, 1.54) is 61.8 Å². The summed E-state index contributed by atoms with van der Waals surface area (Å²) in [6, 6.07) is 5.07. The fraction of sp³-hybridized carbons (Fsp3) is 0.368. The molecule has 0 aliphatic carbocycles. The lowest BCUT2D eigenvalue weighted by Gasteiger charge is -2.17. The summed E-state index contributed by atoms with van der Waals surface area (Å²) >= 11 is 0. The number of ether oxygens (including phenoxy) is 4. The molecule has 0 spiro atoms. The summed E-state index contributed by atoms with van der Waals surface area (Å²) in [7, 11) is 1.44. The van der Waals surface area contributed by atoms with E-state index in [4.69, 9.17) is 18.9 Å². The van der Waals surface area contributed by atoms with Crippen molar-refractivity contribution in [2.45, 2.75) is 76.2 Å². The van der Waals surface area contributed by atoms with Crippen LogP contribution >= 0.6 is 0 Å². The number of aromatic hydroxyl groups is 3. The Bertz CT molecular complexity index is 1740. The van der Waals surface area contributed by atoms with Crippen LogP contribution in [0.5, 0.6) is 23.0 Å². The highest BCUT2D eigenvalue weighted by molar-refractivity contribution is 5.98. The van der Waals surface area contributed by atoms with Crippen LogP contribution in [0.4, 0.5) is 0 Å². The molecule has 0 aromatic heterocycles. The molecule has 0 fully saturated rings. The molecule has 6 atom stereocenters. The van der Waals surface area contributed by atoms with Gasteiger partial charge in [-0.2, -0.15) is 0 Å². The monoisotopic (exact) mass is 740 g/mol. The Morgan fingerprint density at radius 2 is 1.06 bits per heavy atom. The Morgan fingerprint density at radius 3 is 1.53 bits per heavy atom. The predicted molar refractivity (Wildman–Crippen MR) is 189 cm³/mol. The molecule has 53 heavy (non-hydrogen) atoms. The number of hydrogen-bond donors (Lipinski definition) is 7. The van der Waals surface area contributed by atoms with Crippen LogP contribution in [-0.4, -0.2) is 110 Å². The van der Waals surface area contributed by atoms with Crippen molar-refractivity contribution in [2.75, 3.05) is 13.9 Å². The van der Waals surface area contributed by atoms with Crippen molar-refractivity contribution in [1.82, 2.24) is 0 Å². The van der Waals surface area contributed by atoms with Gasteiger partial charge in [0.15, 0.2) is 18.4 Å². The van der Waals surface area contributed by atoms with Gasteiger partial charge in [0.25, 0.3) is 0 Å². The first kappa shape index (κ1) is 42.1. The minimum atomic E-state index is -1.57. The van der Waals surface area contributed by atoms with Crippen molar-refractivity contribution >= 4 is 35.7 Å². The molecule has 15 nitrogen and oxygen atoms in total. The van der Waals surface area contributed by atoms with Gasteiger partial charge in [0.05, 0.1) is 12.2 Å². The number of hydrogen-bond acceptors (Lipinski definition) is 15. The van der Waals surface area contributed by atoms with Crippen LogP contribution in [0, 0.1) is 0 Å². The van der Waals surface area contributed by atoms with E-state index >= 15 is 0 Å². The number of rotatable bonds is 3. The molecular formula is C38H44O15. The van der Waals surface area contributed by atoms with Gasteiger partial charge in [-0.1, -0.05) is 36.5 Å². The van der Waals surface area contributed by atoms with Gasteiger partial charge in [0.2, 0.25) is 0 Å². The summed E-state index contributed by atoms with van der Waals surface area (Å²) in [5.41, 5.74) is 0.312. The van der Waals surface area contributed by atoms with Crippen molar-refractivity contribution < 1.29 is 73.9 Å². The normalized spacial score (nSPS) is 26.8. The smallest absolute Gasteiger partial charge is 0.342 e. The van der Waals surface area contributed by atoms with E-state index in [9.17, 15) is 54.9 Å². The van der Waals surface area contributed by atoms with E-state index in [0.29, 0.717) is 5.56 Å². The van der Waals surface area contributed by atoms with E-state index in [2.05, 4.69) is 0 Å². The van der Waals surface area contributed by atoms with Gasteiger partial charge in [-0.15, -0.1) is 0 Å². The SMILES string of the molecule is COCOc1cc(O)c2c(c1)/C=C/C[C@H](O)[C@H](O)C(=O)/C=C\C[C@H](C)OC2=O.C[C@H]1C/C=C\C(=O)[C@@H](O)[C@@H](O)C/C=C/c2cc(O)cc(O)c2C(=O)O1. The van der Waals surface area contributed by atoms with Crippen molar-refractivity contribution in [3.8, 4) is 23.0 Å². The highest BCUT2D eigenvalue weighted by atomic mass is 16.7. The van der Waals surface area contributed by atoms with Crippen molar-refractivity contribution in [3.05, 3.63) is 83.0 Å². The zero-order valence-electron chi connectivity index (χ0n) is 29.3. The number of esters is 2. The molecule has 0 unspecified atom stereocenters. The molecule has 0 radical (unpaired) electrons. The largest absolute Gasteiger partial charge is 0.508 e. The number of ketones is 2. The predicted octanol–water partition coefficient (Wildman–Crippen LogP) is 2.87. The van der Waals surface area contributed by atoms with Crippen molar-refractivity contribution in [1.29, 1.82) is 0 Å². The fourth-order valence-electron chi connectivity index (χ4n) is 5.01. The number of phenolic OH excluding ortho intramolecular Hbond substituents is 3. The standard InChI is InChI=1S/C20H24O8.C18H20O7/c1-12-5-3-7-15(21)19(24)16(22)8-4-6-13-9-14(27-11-26-2)10-17(23)18(13)20(25)28-12;1-10-4-2-6-13(20)17(23)14(21)7-3-5-11-8-12(19)9-15(22)16(11)18(24)25-10/h3-4,6-7,9-10,12,16,19,22-24H,5,8,11H2,1-2H3;2-3,5-6,8-10,14,17,19,21-23H,4,7H2,1H3/b6-4+,7-3-;5-3+,6-2-/t12-,16-,19+;10-,14-,17+/m00/s1. The summed E-state index contributed by atoms with van der Waals surface area (Å²) in [5.74, 6) is -3.54. The van der Waals surface area contributed by atoms with E-state index in [1.54, 1.807) is 13.8 Å². The van der Waals surface area contributed by atoms with Crippen LogP contribution in [0.25, 0.3) is 12.2 Å². The molecule has 7 N–H and O–H groups in total. The van der Waals surface area contributed by atoms with E-state index < -0.39 is 65.9 Å². The van der Waals surface area contributed by atoms with Crippen molar-refractivity contribution in [2.24, 2.45) is 0 Å². The number of fused-ring (bicyclic) bond motifs is 2. The van der Waals surface area contributed by atoms with Crippen LogP contribution < -0.4 is 4.74 Å². The van der Waals surface area contributed by atoms with Crippen LogP contribution in [-0.2, 0) is 23.8 Å². The number of aliphatic hydroxyl groups excluding tert-OH is 4. The maximum Gasteiger partial charge on any atom is 0.342 e. The lowest BCUT2D eigenvalue weighted by molar-refractivity contribution is -0.128. The van der Waals surface area contributed by atoms with Crippen LogP contribution in [0.1, 0.15) is 71.4 Å². The Morgan fingerprint density at radius 1 is 0.623 bits per heavy atom. The van der Waals surface area contributed by atoms with Gasteiger partial charge in [-0.3, -0.25) is 9.59 Å². The van der Waals surface area contributed by atoms with E-state index in [-0.39, 0.29) is 66.4 Å². The number of aliphatic hydroxyl groups is 4. The van der Waals surface area contributed by atoms with Gasteiger partial charge >= 0.3 is 11.9 Å². The second-order valence-corrected chi connectivity index (χ2v) is 12.2. The zero-order valence-corrected chi connectivity index (χ0v) is 29.3. The van der Waals surface area contributed by atoms with Crippen molar-refractivity contribution in [3.63, 3.8) is 0 Å². The lowest BCUT2D eigenvalue weighted by Crippen LogP contribution is -2.32. The minimum Gasteiger partial charge on any atom is -0.508 e. The molecule has 0 amide bonds. The highest BCUT2D eigenvalue weighted by Gasteiger charge is 2.25. The molecule has 2 aromatic rings. The Hall–Kier alpha value is -5.32. The van der Waals surface area contributed by atoms with Crippen LogP contribution in [0.2, 0.25) is 0 Å². The highest BCUT2D eigenvalue weighted by Crippen LogP contribution is 2.32. The Labute approximate surface area is 305 Å². The minimum absolute atomic E-state index is 0.0461. The summed E-state index contributed by atoms with van der Waals surface area (Å²) in [5, 5.41) is 69.5. The molecular weight excluding hydrogens is 696 g/mol. The van der Waals surface area contributed by atoms with Gasteiger partial charge in [-0.05, 0) is 62.1 Å². The molecule has 0 saturated carbocycles.